The average Bonchev–Trinajstić information content (AvgIpc) is 3.23. The maximum Gasteiger partial charge on any atom is 0.321 e. The number of rotatable bonds is 4. The van der Waals surface area contributed by atoms with Gasteiger partial charge in [-0.05, 0) is 38.5 Å². The number of urea groups is 1. The van der Waals surface area contributed by atoms with Gasteiger partial charge in [0, 0.05) is 19.3 Å². The van der Waals surface area contributed by atoms with E-state index in [2.05, 4.69) is 5.32 Å². The van der Waals surface area contributed by atoms with Crippen LogP contribution in [0, 0.1) is 11.8 Å². The molecule has 2 rings (SSSR count). The highest BCUT2D eigenvalue weighted by Gasteiger charge is 2.27. The van der Waals surface area contributed by atoms with Gasteiger partial charge < -0.3 is 15.0 Å². The van der Waals surface area contributed by atoms with Crippen molar-refractivity contribution >= 4 is 12.0 Å². The summed E-state index contributed by atoms with van der Waals surface area (Å²) >= 11 is 0. The van der Waals surface area contributed by atoms with E-state index in [1.807, 2.05) is 13.0 Å². The van der Waals surface area contributed by atoms with Crippen LogP contribution < -0.4 is 5.32 Å². The Morgan fingerprint density at radius 3 is 2.53 bits per heavy atom. The summed E-state index contributed by atoms with van der Waals surface area (Å²) in [4.78, 5) is 25.2. The van der Waals surface area contributed by atoms with Crippen molar-refractivity contribution in [2.45, 2.75) is 32.6 Å². The van der Waals surface area contributed by atoms with Crippen molar-refractivity contribution in [2.75, 3.05) is 19.7 Å². The molecule has 0 spiro atoms. The number of hydrogen-bond acceptors (Lipinski definition) is 3. The van der Waals surface area contributed by atoms with Crippen LogP contribution in [0.25, 0.3) is 0 Å². The minimum Gasteiger partial charge on any atom is -0.466 e. The first kappa shape index (κ1) is 13.9. The molecule has 1 aliphatic heterocycles. The van der Waals surface area contributed by atoms with Gasteiger partial charge in [-0.2, -0.15) is 0 Å². The predicted molar refractivity (Wildman–Crippen MR) is 71.3 cm³/mol. The normalized spacial score (nSPS) is 20.6. The molecule has 0 aromatic rings. The van der Waals surface area contributed by atoms with E-state index in [0.29, 0.717) is 38.5 Å². The third kappa shape index (κ3) is 4.26. The number of carbonyl (C=O) groups excluding carboxylic acids is 2. The molecule has 5 nitrogen and oxygen atoms in total. The molecule has 0 atom stereocenters. The van der Waals surface area contributed by atoms with Crippen LogP contribution in [0.5, 0.6) is 0 Å². The molecule has 1 heterocycles. The number of esters is 1. The number of nitrogens with zero attached hydrogens (tertiary/aromatic N) is 1. The summed E-state index contributed by atoms with van der Waals surface area (Å²) in [5.41, 5.74) is 0. The smallest absolute Gasteiger partial charge is 0.321 e. The molecule has 106 valence electrons. The number of likely N-dealkylation sites (tertiary alicyclic amines) is 1. The van der Waals surface area contributed by atoms with Crippen molar-refractivity contribution in [1.82, 2.24) is 10.2 Å². The molecule has 2 amide bonds. The first-order valence-electron chi connectivity index (χ1n) is 7.09. The highest BCUT2D eigenvalue weighted by atomic mass is 16.5. The second-order valence-corrected chi connectivity index (χ2v) is 5.16. The zero-order valence-electron chi connectivity index (χ0n) is 11.4. The summed E-state index contributed by atoms with van der Waals surface area (Å²) < 4.78 is 5.01. The van der Waals surface area contributed by atoms with Crippen LogP contribution in [0.15, 0.2) is 12.3 Å². The monoisotopic (exact) mass is 266 g/mol. The summed E-state index contributed by atoms with van der Waals surface area (Å²) in [7, 11) is 0. The maximum atomic E-state index is 11.8. The molecule has 0 bridgehead atoms. The number of carbonyl (C=O) groups is 2. The van der Waals surface area contributed by atoms with Crippen LogP contribution in [-0.4, -0.2) is 36.6 Å². The molecule has 1 saturated carbocycles. The lowest BCUT2D eigenvalue weighted by Crippen LogP contribution is -2.44. The Morgan fingerprint density at radius 1 is 1.26 bits per heavy atom. The number of piperidine rings is 1. The van der Waals surface area contributed by atoms with Crippen molar-refractivity contribution < 1.29 is 14.3 Å². The first-order chi connectivity index (χ1) is 9.20. The third-order valence-corrected chi connectivity index (χ3v) is 3.60. The van der Waals surface area contributed by atoms with Crippen LogP contribution in [0.3, 0.4) is 0 Å². The first-order valence-corrected chi connectivity index (χ1v) is 7.09. The Kier molecular flexibility index (Phi) is 4.82. The van der Waals surface area contributed by atoms with Crippen LogP contribution in [0.4, 0.5) is 4.79 Å². The SMILES string of the molecule is CCOC(=O)C1CCN(C(=O)N/C=C/C2CC2)CC1. The predicted octanol–water partition coefficient (Wildman–Crippen LogP) is 1.89. The molecule has 1 aliphatic carbocycles. The lowest BCUT2D eigenvalue weighted by Gasteiger charge is -2.30. The molecule has 2 aliphatic rings. The standard InChI is InChI=1S/C14H22N2O3/c1-2-19-13(17)12-6-9-16(10-7-12)14(18)15-8-5-11-3-4-11/h5,8,11-12H,2-4,6-7,9-10H2,1H3,(H,15,18)/b8-5+. The van der Waals surface area contributed by atoms with Crippen molar-refractivity contribution in [3.8, 4) is 0 Å². The molecule has 5 heteroatoms. The minimum absolute atomic E-state index is 0.0500. The van der Waals surface area contributed by atoms with Crippen LogP contribution in [-0.2, 0) is 9.53 Å². The fourth-order valence-electron chi connectivity index (χ4n) is 2.21. The lowest BCUT2D eigenvalue weighted by atomic mass is 9.97. The van der Waals surface area contributed by atoms with Crippen LogP contribution in [0.1, 0.15) is 32.6 Å². The van der Waals surface area contributed by atoms with Gasteiger partial charge in [-0.15, -0.1) is 0 Å². The Balaban J connectivity index is 1.69. The highest BCUT2D eigenvalue weighted by molar-refractivity contribution is 5.76. The number of hydrogen-bond donors (Lipinski definition) is 1. The van der Waals surface area contributed by atoms with E-state index < -0.39 is 0 Å². The van der Waals surface area contributed by atoms with Gasteiger partial charge >= 0.3 is 12.0 Å². The van der Waals surface area contributed by atoms with Gasteiger partial charge in [-0.25, -0.2) is 4.79 Å². The second-order valence-electron chi connectivity index (χ2n) is 5.16. The molecule has 1 saturated heterocycles. The van der Waals surface area contributed by atoms with Gasteiger partial charge in [-0.3, -0.25) is 4.79 Å². The number of nitrogens with one attached hydrogen (secondary N) is 1. The van der Waals surface area contributed by atoms with Gasteiger partial charge in [0.25, 0.3) is 0 Å². The number of allylic oxidation sites excluding steroid dienone is 1. The largest absolute Gasteiger partial charge is 0.466 e. The Bertz CT molecular complexity index is 356. The molecule has 1 N–H and O–H groups in total. The van der Waals surface area contributed by atoms with Crippen LogP contribution in [0.2, 0.25) is 0 Å². The summed E-state index contributed by atoms with van der Waals surface area (Å²) in [6, 6.07) is -0.0702. The third-order valence-electron chi connectivity index (χ3n) is 3.60. The van der Waals surface area contributed by atoms with E-state index in [1.165, 1.54) is 12.8 Å². The lowest BCUT2D eigenvalue weighted by molar-refractivity contribution is -0.149. The second kappa shape index (κ2) is 6.59. The molecule has 0 radical (unpaired) electrons. The highest BCUT2D eigenvalue weighted by Crippen LogP contribution is 2.29. The van der Waals surface area contributed by atoms with E-state index in [1.54, 1.807) is 11.1 Å². The fraction of sp³-hybridized carbons (Fsp3) is 0.714. The van der Waals surface area contributed by atoms with Crippen molar-refractivity contribution in [3.05, 3.63) is 12.3 Å². The van der Waals surface area contributed by atoms with Gasteiger partial charge in [-0.1, -0.05) is 6.08 Å². The minimum atomic E-state index is -0.129. The Labute approximate surface area is 114 Å². The van der Waals surface area contributed by atoms with Crippen molar-refractivity contribution in [3.63, 3.8) is 0 Å². The molecular weight excluding hydrogens is 244 g/mol. The van der Waals surface area contributed by atoms with E-state index in [9.17, 15) is 9.59 Å². The van der Waals surface area contributed by atoms with E-state index in [4.69, 9.17) is 4.74 Å². The molecular formula is C14H22N2O3. The number of amides is 2. The molecule has 0 aromatic carbocycles. The van der Waals surface area contributed by atoms with Gasteiger partial charge in [0.2, 0.25) is 0 Å². The zero-order valence-corrected chi connectivity index (χ0v) is 11.4. The summed E-state index contributed by atoms with van der Waals surface area (Å²) in [5.74, 6) is 0.483. The van der Waals surface area contributed by atoms with Gasteiger partial charge in [0.05, 0.1) is 12.5 Å². The molecule has 19 heavy (non-hydrogen) atoms. The van der Waals surface area contributed by atoms with E-state index in [0.717, 1.165) is 0 Å². The topological polar surface area (TPSA) is 58.6 Å². The summed E-state index contributed by atoms with van der Waals surface area (Å²) in [6.07, 6.45) is 7.65. The average molecular weight is 266 g/mol. The number of ether oxygens (including phenoxy) is 1. The van der Waals surface area contributed by atoms with Crippen LogP contribution >= 0.6 is 0 Å². The maximum absolute atomic E-state index is 11.8. The summed E-state index contributed by atoms with van der Waals surface area (Å²) in [5, 5.41) is 2.78. The van der Waals surface area contributed by atoms with Crippen molar-refractivity contribution in [2.24, 2.45) is 11.8 Å². The molecule has 0 aromatic heterocycles. The van der Waals surface area contributed by atoms with Gasteiger partial charge in [0.1, 0.15) is 0 Å². The molecule has 2 fully saturated rings. The zero-order chi connectivity index (χ0) is 13.7. The van der Waals surface area contributed by atoms with Crippen molar-refractivity contribution in [1.29, 1.82) is 0 Å². The fourth-order valence-corrected chi connectivity index (χ4v) is 2.21. The van der Waals surface area contributed by atoms with E-state index >= 15 is 0 Å². The Morgan fingerprint density at radius 2 is 1.95 bits per heavy atom. The summed E-state index contributed by atoms with van der Waals surface area (Å²) in [6.45, 7) is 3.47. The Hall–Kier alpha value is -1.52. The van der Waals surface area contributed by atoms with E-state index in [-0.39, 0.29) is 17.9 Å². The molecule has 0 unspecified atom stereocenters. The van der Waals surface area contributed by atoms with Gasteiger partial charge in [0.15, 0.2) is 0 Å². The quantitative estimate of drug-likeness (QED) is 0.791.